The Labute approximate surface area is 293 Å². The van der Waals surface area contributed by atoms with E-state index in [1.807, 2.05) is 12.1 Å². The number of benzene rings is 3. The fraction of sp³-hybridized carbons (Fsp3) is 0.417. The summed E-state index contributed by atoms with van der Waals surface area (Å²) in [6.07, 6.45) is -9.83. The molecular weight excluding hydrogens is 669 g/mol. The molecule has 0 aliphatic carbocycles. The van der Waals surface area contributed by atoms with Crippen molar-refractivity contribution < 1.29 is 59.3 Å². The third kappa shape index (κ3) is 10.1. The molecule has 1 aliphatic heterocycles. The summed E-state index contributed by atoms with van der Waals surface area (Å²) >= 11 is 0. The first kappa shape index (κ1) is 39.3. The summed E-state index contributed by atoms with van der Waals surface area (Å²) in [6, 6.07) is 19.5. The van der Waals surface area contributed by atoms with E-state index in [-0.39, 0.29) is 18.5 Å². The monoisotopic (exact) mass is 713 g/mol. The molecule has 14 nitrogen and oxygen atoms in total. The number of ether oxygens (including phenoxy) is 1. The molecule has 51 heavy (non-hydrogen) atoms. The maximum Gasteiger partial charge on any atom is 0.249 e. The minimum Gasteiger partial charge on any atom is -0.497 e. The molecule has 15 heteroatoms. The van der Waals surface area contributed by atoms with Crippen molar-refractivity contribution in [1.82, 2.24) is 10.6 Å². The summed E-state index contributed by atoms with van der Waals surface area (Å²) in [6.45, 7) is -1.44. The number of aliphatic hydroxyl groups is 7. The second kappa shape index (κ2) is 18.1. The van der Waals surface area contributed by atoms with Crippen LogP contribution in [0.25, 0.3) is 0 Å². The molecule has 9 N–H and O–H groups in total. The molecule has 1 aliphatic rings. The molecule has 0 saturated carbocycles. The van der Waals surface area contributed by atoms with Gasteiger partial charge in [0.25, 0.3) is 0 Å². The topological polar surface area (TPSA) is 229 Å². The second-order valence-electron chi connectivity index (χ2n) is 12.4. The smallest absolute Gasteiger partial charge is 0.249 e. The number of hydrogen-bond acceptors (Lipinski definition) is 11. The lowest BCUT2D eigenvalue weighted by molar-refractivity contribution is -0.136. The van der Waals surface area contributed by atoms with Crippen LogP contribution in [0.2, 0.25) is 0 Å². The summed E-state index contributed by atoms with van der Waals surface area (Å²) in [4.78, 5) is 39.8. The van der Waals surface area contributed by atoms with Crippen molar-refractivity contribution >= 4 is 23.4 Å². The number of amides is 3. The average molecular weight is 714 g/mol. The van der Waals surface area contributed by atoms with E-state index in [9.17, 15) is 49.4 Å². The predicted molar refractivity (Wildman–Crippen MR) is 180 cm³/mol. The number of methoxy groups -OCH3 is 1. The highest BCUT2D eigenvalue weighted by Crippen LogP contribution is 2.46. The summed E-state index contributed by atoms with van der Waals surface area (Å²) in [5.41, 5.74) is 2.72. The molecule has 0 spiro atoms. The van der Waals surface area contributed by atoms with Gasteiger partial charge in [0.2, 0.25) is 17.7 Å². The van der Waals surface area contributed by atoms with Gasteiger partial charge in [-0.05, 0) is 65.9 Å². The molecular formula is C36H44FN3O11. The van der Waals surface area contributed by atoms with Crippen LogP contribution in [-0.4, -0.2) is 104 Å². The van der Waals surface area contributed by atoms with Crippen LogP contribution in [0.5, 0.6) is 5.75 Å². The summed E-state index contributed by atoms with van der Waals surface area (Å²) in [7, 11) is 1.56. The number of nitrogens with zero attached hydrogens (tertiary/aromatic N) is 1. The van der Waals surface area contributed by atoms with Gasteiger partial charge in [-0.1, -0.05) is 36.4 Å². The van der Waals surface area contributed by atoms with E-state index in [0.717, 1.165) is 5.56 Å². The van der Waals surface area contributed by atoms with Gasteiger partial charge in [-0.2, -0.15) is 0 Å². The Morgan fingerprint density at radius 1 is 0.863 bits per heavy atom. The van der Waals surface area contributed by atoms with Crippen LogP contribution in [-0.2, 0) is 20.9 Å². The van der Waals surface area contributed by atoms with E-state index >= 15 is 0 Å². The Morgan fingerprint density at radius 2 is 1.49 bits per heavy atom. The molecule has 3 aromatic carbocycles. The molecule has 0 unspecified atom stereocenters. The zero-order chi connectivity index (χ0) is 37.2. The number of anilines is 1. The SMILES string of the molecule is COc1ccc([C@@H]2[C@@H](CC[C@H](O)c3ccc(F)cc3)C(=O)N2c2ccc(CNC(=O)C[C@@H](O)C(=O)NC[C@H](O)[C@@H](O)[C@H](O)[C@H](O)CO)cc2)cc1. The fourth-order valence-electron chi connectivity index (χ4n) is 5.81. The number of rotatable bonds is 18. The highest BCUT2D eigenvalue weighted by molar-refractivity contribution is 6.03. The van der Waals surface area contributed by atoms with Gasteiger partial charge in [0.1, 0.15) is 36.0 Å². The Hall–Kier alpha value is -4.48. The molecule has 3 aromatic rings. The van der Waals surface area contributed by atoms with Crippen molar-refractivity contribution in [1.29, 1.82) is 0 Å². The molecule has 1 heterocycles. The van der Waals surface area contributed by atoms with Crippen LogP contribution in [0.15, 0.2) is 72.8 Å². The van der Waals surface area contributed by atoms with Crippen molar-refractivity contribution in [3.63, 3.8) is 0 Å². The van der Waals surface area contributed by atoms with E-state index in [4.69, 9.17) is 9.84 Å². The molecule has 1 fully saturated rings. The maximum absolute atomic E-state index is 13.5. The number of halogens is 1. The summed E-state index contributed by atoms with van der Waals surface area (Å²) in [5.74, 6) is -1.98. The van der Waals surface area contributed by atoms with Gasteiger partial charge < -0.3 is 56.0 Å². The Bertz CT molecular complexity index is 1590. The Kier molecular flexibility index (Phi) is 14.0. The van der Waals surface area contributed by atoms with Crippen LogP contribution in [0.4, 0.5) is 10.1 Å². The predicted octanol–water partition coefficient (Wildman–Crippen LogP) is -0.0285. The van der Waals surface area contributed by atoms with E-state index in [0.29, 0.717) is 35.4 Å². The quantitative estimate of drug-likeness (QED) is 0.0796. The van der Waals surface area contributed by atoms with Gasteiger partial charge in [0.05, 0.1) is 44.3 Å². The third-order valence-electron chi connectivity index (χ3n) is 8.87. The first-order valence-electron chi connectivity index (χ1n) is 16.4. The van der Waals surface area contributed by atoms with Gasteiger partial charge in [-0.15, -0.1) is 0 Å². The number of carbonyl (C=O) groups excluding carboxylic acids is 3. The van der Waals surface area contributed by atoms with Gasteiger partial charge in [0.15, 0.2) is 0 Å². The van der Waals surface area contributed by atoms with Crippen LogP contribution in [0.3, 0.4) is 0 Å². The number of hydrogen-bond donors (Lipinski definition) is 9. The van der Waals surface area contributed by atoms with E-state index in [1.54, 1.807) is 48.4 Å². The van der Waals surface area contributed by atoms with E-state index in [1.165, 1.54) is 24.3 Å². The standard InChI is InChI=1S/C36H44FN3O11/c1-51-25-12-6-22(7-13-25)32-26(14-15-27(42)21-4-8-23(37)9-5-21)36(50)40(32)24-10-2-20(3-11-24)17-38-31(46)16-28(43)35(49)39-18-29(44)33(47)34(48)30(45)19-41/h2-13,26-30,32-34,41-45,47-48H,14-19H2,1H3,(H,38,46)(H,39,49)/t26-,27+,28-,29+,30-,32-,33-,34-/m1/s1. The van der Waals surface area contributed by atoms with Crippen LogP contribution < -0.4 is 20.3 Å². The molecule has 276 valence electrons. The number of aliphatic hydroxyl groups excluding tert-OH is 7. The lowest BCUT2D eigenvalue weighted by atomic mass is 9.78. The Morgan fingerprint density at radius 3 is 2.10 bits per heavy atom. The number of β-lactam (4-membered cyclic amide) rings is 1. The van der Waals surface area contributed by atoms with Gasteiger partial charge in [-0.25, -0.2) is 4.39 Å². The summed E-state index contributed by atoms with van der Waals surface area (Å²) in [5, 5.41) is 73.2. The largest absolute Gasteiger partial charge is 0.497 e. The molecule has 0 aromatic heterocycles. The molecule has 4 rings (SSSR count). The second-order valence-corrected chi connectivity index (χ2v) is 12.4. The molecule has 1 saturated heterocycles. The fourth-order valence-corrected chi connectivity index (χ4v) is 5.81. The average Bonchev–Trinajstić information content (AvgIpc) is 3.14. The molecule has 8 atom stereocenters. The number of nitrogens with one attached hydrogen (secondary N) is 2. The lowest BCUT2D eigenvalue weighted by Crippen LogP contribution is -2.55. The summed E-state index contributed by atoms with van der Waals surface area (Å²) < 4.78 is 18.6. The van der Waals surface area contributed by atoms with Crippen LogP contribution in [0.1, 0.15) is 48.1 Å². The first-order valence-corrected chi connectivity index (χ1v) is 16.4. The third-order valence-corrected chi connectivity index (χ3v) is 8.87. The van der Waals surface area contributed by atoms with Crippen molar-refractivity contribution in [2.75, 3.05) is 25.2 Å². The zero-order valence-electron chi connectivity index (χ0n) is 27.9. The Balaban J connectivity index is 1.32. The normalized spacial score (nSPS) is 19.2. The lowest BCUT2D eigenvalue weighted by Gasteiger charge is -2.48. The van der Waals surface area contributed by atoms with Crippen molar-refractivity contribution in [2.45, 2.75) is 68.5 Å². The minimum absolute atomic E-state index is 0.0448. The molecule has 3 amide bonds. The van der Waals surface area contributed by atoms with Gasteiger partial charge in [-0.3, -0.25) is 14.4 Å². The van der Waals surface area contributed by atoms with E-state index in [2.05, 4.69) is 10.6 Å². The number of carbonyl (C=O) groups is 3. The highest BCUT2D eigenvalue weighted by atomic mass is 19.1. The van der Waals surface area contributed by atoms with Crippen LogP contribution >= 0.6 is 0 Å². The molecule has 0 bridgehead atoms. The van der Waals surface area contributed by atoms with Crippen molar-refractivity contribution in [3.8, 4) is 5.75 Å². The van der Waals surface area contributed by atoms with E-state index < -0.39 is 79.7 Å². The van der Waals surface area contributed by atoms with Crippen LogP contribution in [0, 0.1) is 11.7 Å². The maximum atomic E-state index is 13.5. The zero-order valence-corrected chi connectivity index (χ0v) is 27.9. The highest BCUT2D eigenvalue weighted by Gasteiger charge is 2.48. The van der Waals surface area contributed by atoms with Crippen molar-refractivity contribution in [3.05, 3.63) is 95.3 Å². The van der Waals surface area contributed by atoms with Gasteiger partial charge >= 0.3 is 0 Å². The van der Waals surface area contributed by atoms with Crippen molar-refractivity contribution in [2.24, 2.45) is 5.92 Å². The molecule has 0 radical (unpaired) electrons. The van der Waals surface area contributed by atoms with Gasteiger partial charge in [0, 0.05) is 18.8 Å². The minimum atomic E-state index is -1.90. The first-order chi connectivity index (χ1) is 24.3.